The van der Waals surface area contributed by atoms with Crippen molar-refractivity contribution in [3.8, 4) is 22.3 Å². The molecule has 0 bridgehead atoms. The molecule has 1 atom stereocenters. The van der Waals surface area contributed by atoms with Crippen LogP contribution in [-0.4, -0.2) is 4.98 Å². The summed E-state index contributed by atoms with van der Waals surface area (Å²) >= 11 is 0. The number of para-hydroxylation sites is 1. The maximum Gasteiger partial charge on any atom is 0.0471 e. The van der Waals surface area contributed by atoms with E-state index in [1.165, 1.54) is 82.3 Å². The van der Waals surface area contributed by atoms with Crippen LogP contribution in [0, 0.1) is 0 Å². The van der Waals surface area contributed by atoms with Crippen molar-refractivity contribution in [2.24, 2.45) is 0 Å². The van der Waals surface area contributed by atoms with E-state index in [0.29, 0.717) is 5.92 Å². The third-order valence-electron chi connectivity index (χ3n) is 9.35. The number of aromatic nitrogens is 1. The Morgan fingerprint density at radius 3 is 1.86 bits per heavy atom. The van der Waals surface area contributed by atoms with Crippen LogP contribution in [0.2, 0.25) is 0 Å². The Hall–Kier alpha value is -5.40. The zero-order valence-electron chi connectivity index (χ0n) is 23.7. The molecule has 0 saturated carbocycles. The number of benzene rings is 7. The molecule has 202 valence electrons. The van der Waals surface area contributed by atoms with Gasteiger partial charge in [0.05, 0.1) is 0 Å². The molecule has 0 aliphatic heterocycles. The molecular weight excluding hydrogens is 518 g/mol. The molecule has 0 spiro atoms. The molecule has 1 heteroatoms. The number of aromatic amines is 1. The average Bonchev–Trinajstić information content (AvgIpc) is 3.46. The minimum absolute atomic E-state index is 0.338. The van der Waals surface area contributed by atoms with Gasteiger partial charge in [0.2, 0.25) is 0 Å². The smallest absolute Gasteiger partial charge is 0.0471 e. The number of hydrogen-bond acceptors (Lipinski definition) is 0. The van der Waals surface area contributed by atoms with E-state index < -0.39 is 0 Å². The van der Waals surface area contributed by atoms with E-state index >= 15 is 0 Å². The summed E-state index contributed by atoms with van der Waals surface area (Å²) in [5.74, 6) is 0.338. The second-order valence-electron chi connectivity index (χ2n) is 11.8. The molecule has 9 rings (SSSR count). The third-order valence-corrected chi connectivity index (χ3v) is 9.35. The first-order valence-corrected chi connectivity index (χ1v) is 15.1. The van der Waals surface area contributed by atoms with Gasteiger partial charge in [-0.1, -0.05) is 133 Å². The van der Waals surface area contributed by atoms with Crippen molar-refractivity contribution in [1.29, 1.82) is 0 Å². The number of rotatable bonds is 3. The molecule has 1 aromatic heterocycles. The number of H-pyrrole nitrogens is 1. The van der Waals surface area contributed by atoms with E-state index in [0.717, 1.165) is 6.42 Å². The standard InChI is InChI=1S/C42H29N/c1-2-15-35-33(13-1)34-14-3-4-16-36(34)40-25-31(19-21-37(35)40)29-11-7-9-27(23-29)28-10-8-12-30(24-28)32-20-22-39-38-17-5-6-18-41(38)43-42(39)26-32/h1-24,26,31,43H,25H2. The van der Waals surface area contributed by atoms with Crippen LogP contribution in [0.1, 0.15) is 22.6 Å². The van der Waals surface area contributed by atoms with Gasteiger partial charge in [0.1, 0.15) is 0 Å². The monoisotopic (exact) mass is 547 g/mol. The van der Waals surface area contributed by atoms with Gasteiger partial charge < -0.3 is 4.98 Å². The summed E-state index contributed by atoms with van der Waals surface area (Å²) in [6, 6.07) is 51.1. The van der Waals surface area contributed by atoms with Gasteiger partial charge in [-0.2, -0.15) is 0 Å². The highest BCUT2D eigenvalue weighted by Crippen LogP contribution is 2.40. The Balaban J connectivity index is 1.08. The average molecular weight is 548 g/mol. The van der Waals surface area contributed by atoms with Crippen LogP contribution < -0.4 is 0 Å². The predicted octanol–water partition coefficient (Wildman–Crippen LogP) is 11.3. The van der Waals surface area contributed by atoms with E-state index in [4.69, 9.17) is 0 Å². The molecule has 0 amide bonds. The highest BCUT2D eigenvalue weighted by atomic mass is 14.7. The van der Waals surface area contributed by atoms with Crippen LogP contribution in [0.3, 0.4) is 0 Å². The van der Waals surface area contributed by atoms with Gasteiger partial charge in [-0.3, -0.25) is 0 Å². The van der Waals surface area contributed by atoms with Crippen LogP contribution in [0.15, 0.2) is 146 Å². The quantitative estimate of drug-likeness (QED) is 0.212. The van der Waals surface area contributed by atoms with Crippen molar-refractivity contribution in [2.75, 3.05) is 0 Å². The topological polar surface area (TPSA) is 15.8 Å². The highest BCUT2D eigenvalue weighted by molar-refractivity contribution is 6.13. The van der Waals surface area contributed by atoms with Crippen molar-refractivity contribution < 1.29 is 0 Å². The maximum atomic E-state index is 3.60. The van der Waals surface area contributed by atoms with Crippen LogP contribution in [0.5, 0.6) is 0 Å². The third kappa shape index (κ3) is 3.93. The van der Waals surface area contributed by atoms with E-state index in [1.807, 2.05) is 0 Å². The Kier molecular flexibility index (Phi) is 5.39. The summed E-state index contributed by atoms with van der Waals surface area (Å²) in [6.45, 7) is 0. The normalized spacial score (nSPS) is 14.6. The lowest BCUT2D eigenvalue weighted by atomic mass is 9.80. The molecule has 1 heterocycles. The van der Waals surface area contributed by atoms with Gasteiger partial charge in [-0.25, -0.2) is 0 Å². The summed E-state index contributed by atoms with van der Waals surface area (Å²) in [4.78, 5) is 3.60. The van der Waals surface area contributed by atoms with Crippen molar-refractivity contribution >= 4 is 49.4 Å². The minimum Gasteiger partial charge on any atom is -0.354 e. The minimum atomic E-state index is 0.338. The molecule has 8 aromatic rings. The molecule has 1 aliphatic carbocycles. The molecule has 1 aliphatic rings. The van der Waals surface area contributed by atoms with E-state index in [-0.39, 0.29) is 0 Å². The second kappa shape index (κ2) is 9.58. The van der Waals surface area contributed by atoms with Crippen LogP contribution in [0.25, 0.3) is 71.7 Å². The predicted molar refractivity (Wildman–Crippen MR) is 184 cm³/mol. The van der Waals surface area contributed by atoms with Gasteiger partial charge in [0.15, 0.2) is 0 Å². The van der Waals surface area contributed by atoms with Crippen molar-refractivity contribution in [1.82, 2.24) is 4.98 Å². The van der Waals surface area contributed by atoms with E-state index in [9.17, 15) is 0 Å². The number of nitrogens with one attached hydrogen (secondary N) is 1. The van der Waals surface area contributed by atoms with Gasteiger partial charge in [0, 0.05) is 27.7 Å². The van der Waals surface area contributed by atoms with Crippen molar-refractivity contribution in [3.63, 3.8) is 0 Å². The molecule has 7 aromatic carbocycles. The van der Waals surface area contributed by atoms with Crippen LogP contribution >= 0.6 is 0 Å². The molecule has 0 fully saturated rings. The summed E-state index contributed by atoms with van der Waals surface area (Å²) in [5.41, 5.74) is 11.5. The Morgan fingerprint density at radius 1 is 0.442 bits per heavy atom. The van der Waals surface area contributed by atoms with Gasteiger partial charge >= 0.3 is 0 Å². The summed E-state index contributed by atoms with van der Waals surface area (Å²) in [5, 5.41) is 7.96. The number of hydrogen-bond donors (Lipinski definition) is 1. The molecule has 1 nitrogen and oxygen atoms in total. The van der Waals surface area contributed by atoms with Gasteiger partial charge in [0.25, 0.3) is 0 Å². The fourth-order valence-corrected chi connectivity index (χ4v) is 7.24. The van der Waals surface area contributed by atoms with Gasteiger partial charge in [-0.15, -0.1) is 0 Å². The van der Waals surface area contributed by atoms with E-state index in [2.05, 4.69) is 157 Å². The highest BCUT2D eigenvalue weighted by Gasteiger charge is 2.21. The maximum absolute atomic E-state index is 3.60. The molecule has 1 unspecified atom stereocenters. The summed E-state index contributed by atoms with van der Waals surface area (Å²) in [6.07, 6.45) is 5.78. The van der Waals surface area contributed by atoms with Crippen LogP contribution in [0.4, 0.5) is 0 Å². The lowest BCUT2D eigenvalue weighted by Gasteiger charge is -2.24. The Morgan fingerprint density at radius 2 is 1.05 bits per heavy atom. The fraction of sp³-hybridized carbons (Fsp3) is 0.0476. The Bertz CT molecular complexity index is 2390. The van der Waals surface area contributed by atoms with Crippen molar-refractivity contribution in [3.05, 3.63) is 162 Å². The first-order chi connectivity index (χ1) is 21.3. The fourth-order valence-electron chi connectivity index (χ4n) is 7.24. The lowest BCUT2D eigenvalue weighted by molar-refractivity contribution is 0.835. The SMILES string of the molecule is C1=CC(c2cccc(-c3cccc(-c4ccc5c(c4)[nH]c4ccccc45)c3)c2)Cc2c1c1ccccc1c1ccccc21. The molecule has 0 saturated heterocycles. The number of allylic oxidation sites excluding steroid dienone is 1. The van der Waals surface area contributed by atoms with Crippen molar-refractivity contribution in [2.45, 2.75) is 12.3 Å². The van der Waals surface area contributed by atoms with E-state index in [1.54, 1.807) is 0 Å². The van der Waals surface area contributed by atoms with Gasteiger partial charge in [-0.05, 0) is 85.1 Å². The lowest BCUT2D eigenvalue weighted by Crippen LogP contribution is -2.07. The first kappa shape index (κ1) is 24.2. The molecule has 0 radical (unpaired) electrons. The number of fused-ring (bicyclic) bond motifs is 9. The second-order valence-corrected chi connectivity index (χ2v) is 11.8. The zero-order chi connectivity index (χ0) is 28.3. The van der Waals surface area contributed by atoms with Crippen LogP contribution in [-0.2, 0) is 6.42 Å². The first-order valence-electron chi connectivity index (χ1n) is 15.1. The summed E-state index contributed by atoms with van der Waals surface area (Å²) < 4.78 is 0. The molecule has 43 heavy (non-hydrogen) atoms. The zero-order valence-corrected chi connectivity index (χ0v) is 23.7. The largest absolute Gasteiger partial charge is 0.354 e. The summed E-state index contributed by atoms with van der Waals surface area (Å²) in [7, 11) is 0. The Labute approximate surface area is 250 Å². The molecular formula is C42H29N. The molecule has 1 N–H and O–H groups in total.